The van der Waals surface area contributed by atoms with Crippen LogP contribution in [0.15, 0.2) is 66.1 Å². The van der Waals surface area contributed by atoms with E-state index < -0.39 is 15.9 Å². The van der Waals surface area contributed by atoms with Crippen LogP contribution in [-0.2, 0) is 10.0 Å². The zero-order valence-corrected chi connectivity index (χ0v) is 14.5. The molecule has 2 N–H and O–H groups in total. The van der Waals surface area contributed by atoms with Crippen LogP contribution in [0.3, 0.4) is 0 Å². The minimum Gasteiger partial charge on any atom is -0.322 e. The van der Waals surface area contributed by atoms with Crippen LogP contribution in [0, 0.1) is 0 Å². The van der Waals surface area contributed by atoms with Gasteiger partial charge in [0, 0.05) is 23.4 Å². The second-order valence-electron chi connectivity index (χ2n) is 5.26. The van der Waals surface area contributed by atoms with Gasteiger partial charge >= 0.3 is 0 Å². The van der Waals surface area contributed by atoms with Crippen molar-refractivity contribution in [1.29, 1.82) is 0 Å². The maximum atomic E-state index is 12.3. The highest BCUT2D eigenvalue weighted by Gasteiger charge is 2.15. The smallest absolute Gasteiger partial charge is 0.255 e. The Bertz CT molecular complexity index is 903. The van der Waals surface area contributed by atoms with E-state index in [4.69, 9.17) is 0 Å². The third-order valence-corrected chi connectivity index (χ3v) is 4.79. The SMILES string of the molecule is C=CCNS(=O)(=O)c1cccc(C(=O)Nc2ccc(C(C)=O)cc2)c1. The summed E-state index contributed by atoms with van der Waals surface area (Å²) in [5.41, 5.74) is 1.25. The molecule has 0 aliphatic carbocycles. The van der Waals surface area contributed by atoms with Crippen LogP contribution in [0.1, 0.15) is 27.6 Å². The lowest BCUT2D eigenvalue weighted by Gasteiger charge is -2.08. The lowest BCUT2D eigenvalue weighted by Crippen LogP contribution is -2.24. The molecule has 0 bridgehead atoms. The van der Waals surface area contributed by atoms with Crippen molar-refractivity contribution in [3.63, 3.8) is 0 Å². The molecule has 0 aliphatic heterocycles. The Hall–Kier alpha value is -2.77. The van der Waals surface area contributed by atoms with E-state index in [0.717, 1.165) is 0 Å². The predicted octanol–water partition coefficient (Wildman–Crippen LogP) is 2.61. The van der Waals surface area contributed by atoms with E-state index in [0.29, 0.717) is 11.3 Å². The quantitative estimate of drug-likeness (QED) is 0.588. The molecule has 6 nitrogen and oxygen atoms in total. The van der Waals surface area contributed by atoms with Gasteiger partial charge in [0.25, 0.3) is 5.91 Å². The van der Waals surface area contributed by atoms with Crippen LogP contribution in [0.5, 0.6) is 0 Å². The summed E-state index contributed by atoms with van der Waals surface area (Å²) in [6.45, 7) is 5.01. The van der Waals surface area contributed by atoms with E-state index >= 15 is 0 Å². The topological polar surface area (TPSA) is 92.3 Å². The third kappa shape index (κ3) is 4.85. The van der Waals surface area contributed by atoms with E-state index in [-0.39, 0.29) is 22.8 Å². The largest absolute Gasteiger partial charge is 0.322 e. The number of anilines is 1. The molecule has 0 aromatic heterocycles. The summed E-state index contributed by atoms with van der Waals surface area (Å²) in [6, 6.07) is 12.2. The Morgan fingerprint density at radius 2 is 1.76 bits per heavy atom. The van der Waals surface area contributed by atoms with Crippen LogP contribution in [0.2, 0.25) is 0 Å². The fourth-order valence-corrected chi connectivity index (χ4v) is 3.09. The Kier molecular flexibility index (Phi) is 5.84. The van der Waals surface area contributed by atoms with E-state index in [1.54, 1.807) is 24.3 Å². The Morgan fingerprint density at radius 3 is 2.36 bits per heavy atom. The van der Waals surface area contributed by atoms with Crippen LogP contribution < -0.4 is 10.0 Å². The van der Waals surface area contributed by atoms with Crippen molar-refractivity contribution in [2.24, 2.45) is 0 Å². The zero-order valence-electron chi connectivity index (χ0n) is 13.7. The number of benzene rings is 2. The number of Topliss-reactive ketones (excluding diaryl/α,β-unsaturated/α-hetero) is 1. The molecule has 1 amide bonds. The lowest BCUT2D eigenvalue weighted by atomic mass is 10.1. The lowest BCUT2D eigenvalue weighted by molar-refractivity contribution is 0.101. The van der Waals surface area contributed by atoms with Gasteiger partial charge in [-0.3, -0.25) is 9.59 Å². The van der Waals surface area contributed by atoms with E-state index in [9.17, 15) is 18.0 Å². The minimum absolute atomic E-state index is 0.00562. The molecule has 130 valence electrons. The maximum Gasteiger partial charge on any atom is 0.255 e. The highest BCUT2D eigenvalue weighted by atomic mass is 32.2. The van der Waals surface area contributed by atoms with E-state index in [1.807, 2.05) is 0 Å². The average molecular weight is 358 g/mol. The summed E-state index contributed by atoms with van der Waals surface area (Å²) in [7, 11) is -3.71. The predicted molar refractivity (Wildman–Crippen MR) is 96.2 cm³/mol. The summed E-state index contributed by atoms with van der Waals surface area (Å²) in [6.07, 6.45) is 1.43. The minimum atomic E-state index is -3.71. The van der Waals surface area contributed by atoms with Gasteiger partial charge < -0.3 is 5.32 Å². The number of hydrogen-bond acceptors (Lipinski definition) is 4. The summed E-state index contributed by atoms with van der Waals surface area (Å²) in [5, 5.41) is 2.66. The molecule has 0 radical (unpaired) electrons. The Morgan fingerprint density at radius 1 is 1.08 bits per heavy atom. The molecular weight excluding hydrogens is 340 g/mol. The fourth-order valence-electron chi connectivity index (χ4n) is 2.05. The van der Waals surface area contributed by atoms with Crippen LogP contribution in [0.25, 0.3) is 0 Å². The number of ketones is 1. The summed E-state index contributed by atoms with van der Waals surface area (Å²) >= 11 is 0. The first-order valence-electron chi connectivity index (χ1n) is 7.46. The average Bonchev–Trinajstić information content (AvgIpc) is 2.60. The van der Waals surface area contributed by atoms with Gasteiger partial charge in [-0.05, 0) is 49.4 Å². The first-order chi connectivity index (χ1) is 11.8. The molecule has 0 unspecified atom stereocenters. The molecule has 0 saturated heterocycles. The maximum absolute atomic E-state index is 12.3. The van der Waals surface area contributed by atoms with Gasteiger partial charge in [-0.25, -0.2) is 13.1 Å². The number of nitrogens with one attached hydrogen (secondary N) is 2. The van der Waals surface area contributed by atoms with Crippen molar-refractivity contribution < 1.29 is 18.0 Å². The molecule has 7 heteroatoms. The first kappa shape index (κ1) is 18.6. The van der Waals surface area contributed by atoms with Crippen LogP contribution >= 0.6 is 0 Å². The Labute approximate surface area is 146 Å². The van der Waals surface area contributed by atoms with Crippen LogP contribution in [0.4, 0.5) is 5.69 Å². The summed E-state index contributed by atoms with van der Waals surface area (Å²) in [5.74, 6) is -0.515. The van der Waals surface area contributed by atoms with Crippen LogP contribution in [-0.4, -0.2) is 26.7 Å². The molecule has 25 heavy (non-hydrogen) atoms. The zero-order chi connectivity index (χ0) is 18.4. The van der Waals surface area contributed by atoms with Crippen molar-refractivity contribution in [1.82, 2.24) is 4.72 Å². The number of sulfonamides is 1. The van der Waals surface area contributed by atoms with Crippen molar-refractivity contribution in [2.45, 2.75) is 11.8 Å². The monoisotopic (exact) mass is 358 g/mol. The van der Waals surface area contributed by atoms with Gasteiger partial charge in [0.1, 0.15) is 0 Å². The summed E-state index contributed by atoms with van der Waals surface area (Å²) in [4.78, 5) is 23.6. The third-order valence-electron chi connectivity index (χ3n) is 3.37. The first-order valence-corrected chi connectivity index (χ1v) is 8.95. The molecule has 0 fully saturated rings. The highest BCUT2D eigenvalue weighted by Crippen LogP contribution is 2.15. The molecular formula is C18H18N2O4S. The number of carbonyl (C=O) groups excluding carboxylic acids is 2. The highest BCUT2D eigenvalue weighted by molar-refractivity contribution is 7.89. The number of rotatable bonds is 7. The summed E-state index contributed by atoms with van der Waals surface area (Å²) < 4.78 is 26.6. The molecule has 2 aromatic carbocycles. The molecule has 0 spiro atoms. The molecule has 2 aromatic rings. The number of carbonyl (C=O) groups is 2. The molecule has 0 saturated carbocycles. The normalized spacial score (nSPS) is 10.9. The van der Waals surface area contributed by atoms with Gasteiger partial charge in [0.2, 0.25) is 10.0 Å². The van der Waals surface area contributed by atoms with Gasteiger partial charge in [-0.15, -0.1) is 6.58 Å². The Balaban J connectivity index is 2.18. The van der Waals surface area contributed by atoms with Gasteiger partial charge in [0.15, 0.2) is 5.78 Å². The van der Waals surface area contributed by atoms with Crippen molar-refractivity contribution in [2.75, 3.05) is 11.9 Å². The number of hydrogen-bond donors (Lipinski definition) is 2. The molecule has 0 heterocycles. The standard InChI is InChI=1S/C18H18N2O4S/c1-3-11-19-25(23,24)17-6-4-5-15(12-17)18(22)20-16-9-7-14(8-10-16)13(2)21/h3-10,12,19H,1,11H2,2H3,(H,20,22). The van der Waals surface area contributed by atoms with Crippen molar-refractivity contribution in [3.05, 3.63) is 72.3 Å². The van der Waals surface area contributed by atoms with E-state index in [2.05, 4.69) is 16.6 Å². The molecule has 2 rings (SSSR count). The molecule has 0 atom stereocenters. The van der Waals surface area contributed by atoms with Gasteiger partial charge in [-0.1, -0.05) is 12.1 Å². The van der Waals surface area contributed by atoms with E-state index in [1.165, 1.54) is 37.3 Å². The van der Waals surface area contributed by atoms with Gasteiger partial charge in [-0.2, -0.15) is 0 Å². The van der Waals surface area contributed by atoms with Gasteiger partial charge in [0.05, 0.1) is 4.90 Å². The number of amides is 1. The second-order valence-corrected chi connectivity index (χ2v) is 7.02. The second kappa shape index (κ2) is 7.87. The fraction of sp³-hybridized carbons (Fsp3) is 0.111. The van der Waals surface area contributed by atoms with Crippen molar-refractivity contribution in [3.8, 4) is 0 Å². The molecule has 0 aliphatic rings. The van der Waals surface area contributed by atoms with Crippen molar-refractivity contribution >= 4 is 27.4 Å².